The number of fused-ring (bicyclic) bond motifs is 3. The van der Waals surface area contributed by atoms with Gasteiger partial charge in [0.05, 0.1) is 27.6 Å². The van der Waals surface area contributed by atoms with Crippen LogP contribution in [-0.2, 0) is 14.7 Å². The highest BCUT2D eigenvalue weighted by atomic mass is 32.1. The van der Waals surface area contributed by atoms with Gasteiger partial charge in [-0.2, -0.15) is 15.8 Å². The Balaban J connectivity index is 1.52. The first-order valence-electron chi connectivity index (χ1n) is 37.6. The number of hydrogen-bond acceptors (Lipinski definition) is 9. The molecule has 0 N–H and O–H groups in total. The highest BCUT2D eigenvalue weighted by molar-refractivity contribution is 7.25. The van der Waals surface area contributed by atoms with Gasteiger partial charge >= 0.3 is 0 Å². The molecule has 0 unspecified atom stereocenters. The van der Waals surface area contributed by atoms with Crippen LogP contribution in [-0.4, -0.2) is 40.7 Å². The van der Waals surface area contributed by atoms with Crippen LogP contribution in [0.15, 0.2) is 65.0 Å². The van der Waals surface area contributed by atoms with E-state index in [4.69, 9.17) is 9.16 Å². The van der Waals surface area contributed by atoms with E-state index in [1.807, 2.05) is 54.7 Å². The Labute approximate surface area is 568 Å². The van der Waals surface area contributed by atoms with Crippen molar-refractivity contribution >= 4 is 48.4 Å². The average Bonchev–Trinajstić information content (AvgIpc) is 1.62. The van der Waals surface area contributed by atoms with E-state index in [0.29, 0.717) is 5.57 Å². The van der Waals surface area contributed by atoms with E-state index in [0.717, 1.165) is 37.4 Å². The van der Waals surface area contributed by atoms with E-state index in [2.05, 4.69) is 120 Å². The Morgan fingerprint density at radius 1 is 0.582 bits per heavy atom. The molecule has 0 spiro atoms. The first kappa shape index (κ1) is 77.6. The number of nitriles is 3. The third kappa shape index (κ3) is 25.2. The van der Waals surface area contributed by atoms with Crippen molar-refractivity contribution in [3.63, 3.8) is 0 Å². The minimum Gasteiger partial charge on any atom is -0.480 e. The molecule has 4 heterocycles. The smallest absolute Gasteiger partial charge is 0.192 e. The molecule has 0 saturated heterocycles. The molecule has 91 heavy (non-hydrogen) atoms. The number of unbranched alkanes of at least 4 members (excludes halogenated alkanes) is 36. The lowest BCUT2D eigenvalue weighted by Gasteiger charge is -2.49. The highest BCUT2D eigenvalue weighted by Crippen LogP contribution is 2.59. The van der Waals surface area contributed by atoms with Gasteiger partial charge in [-0.1, -0.05) is 304 Å². The van der Waals surface area contributed by atoms with Gasteiger partial charge in [-0.15, -0.1) is 22.7 Å². The van der Waals surface area contributed by atoms with Crippen LogP contribution in [0.3, 0.4) is 0 Å². The molecule has 0 aliphatic carbocycles. The molecule has 2 aromatic heterocycles. The maximum atomic E-state index is 10.6. The van der Waals surface area contributed by atoms with Gasteiger partial charge in [0.15, 0.2) is 19.6 Å². The third-order valence-electron chi connectivity index (χ3n) is 20.6. The second-order valence-corrected chi connectivity index (χ2v) is 36.4. The summed E-state index contributed by atoms with van der Waals surface area (Å²) < 4.78 is 12.9. The van der Waals surface area contributed by atoms with Crippen LogP contribution in [0.5, 0.6) is 0 Å². The number of allylic oxidation sites excluding steroid dienone is 2. The first-order chi connectivity index (χ1) is 44.0. The summed E-state index contributed by atoms with van der Waals surface area (Å²) in [5.74, 6) is 0.0869. The molecule has 1 aromatic carbocycles. The van der Waals surface area contributed by atoms with Crippen LogP contribution in [0.25, 0.3) is 26.3 Å². The quantitative estimate of drug-likeness (QED) is 0.0316. The molecule has 0 amide bonds. The zero-order chi connectivity index (χ0) is 65.8. The highest BCUT2D eigenvalue weighted by Gasteiger charge is 2.46. The molecule has 2 aliphatic heterocycles. The first-order valence-corrected chi connectivity index (χ1v) is 42.1. The second-order valence-electron chi connectivity index (χ2n) is 29.5. The van der Waals surface area contributed by atoms with Gasteiger partial charge in [0, 0.05) is 41.2 Å². The molecule has 3 aromatic rings. The van der Waals surface area contributed by atoms with Crippen molar-refractivity contribution in [2.24, 2.45) is 0 Å². The van der Waals surface area contributed by atoms with E-state index in [9.17, 15) is 15.8 Å². The summed E-state index contributed by atoms with van der Waals surface area (Å²) in [5.41, 5.74) is 5.18. The molecule has 5 rings (SSSR count). The lowest BCUT2D eigenvalue weighted by molar-refractivity contribution is 0.0954. The molecule has 7 nitrogen and oxygen atoms in total. The summed E-state index contributed by atoms with van der Waals surface area (Å²) >= 11 is 3.88. The number of likely N-dealkylation sites (N-methyl/N-ethyl adjacent to an activating group) is 1. The number of rotatable bonds is 50. The molecule has 2 aliphatic rings. The van der Waals surface area contributed by atoms with Gasteiger partial charge in [0.2, 0.25) is 0 Å². The number of nitrogens with zero attached hydrogens (tertiary/aromatic N) is 5. The molecule has 10 heteroatoms. The largest absolute Gasteiger partial charge is 0.480 e. The fourth-order valence-corrected chi connectivity index (χ4v) is 17.2. The fourth-order valence-electron chi connectivity index (χ4n) is 13.7. The maximum absolute atomic E-state index is 10.6. The van der Waals surface area contributed by atoms with Gasteiger partial charge < -0.3 is 19.0 Å². The van der Waals surface area contributed by atoms with Crippen molar-refractivity contribution in [3.8, 4) is 38.4 Å². The van der Waals surface area contributed by atoms with Crippen molar-refractivity contribution in [2.45, 2.75) is 348 Å². The van der Waals surface area contributed by atoms with Crippen LogP contribution >= 0.6 is 22.7 Å². The minimum atomic E-state index is -1.85. The molecule has 0 fully saturated rings. The molecular weight excluding hydrogens is 1170 g/mol. The number of benzene rings is 1. The second kappa shape index (κ2) is 42.3. The van der Waals surface area contributed by atoms with Gasteiger partial charge in [-0.05, 0) is 92.7 Å². The van der Waals surface area contributed by atoms with Crippen LogP contribution in [0.1, 0.15) is 329 Å². The zero-order valence-corrected chi connectivity index (χ0v) is 62.7. The number of thiophene rings is 2. The number of anilines is 2. The normalized spacial score (nSPS) is 14.4. The Bertz CT molecular complexity index is 2710. The molecular formula is C81H129N5O2S2Si. The zero-order valence-electron chi connectivity index (χ0n) is 60.1. The van der Waals surface area contributed by atoms with E-state index in [-0.39, 0.29) is 27.5 Å². The summed E-state index contributed by atoms with van der Waals surface area (Å²) in [6.07, 6.45) is 59.2. The molecule has 0 bridgehead atoms. The van der Waals surface area contributed by atoms with Crippen LogP contribution in [0.4, 0.5) is 11.4 Å². The lowest BCUT2D eigenvalue weighted by atomic mass is 9.75. The maximum Gasteiger partial charge on any atom is 0.192 e. The summed E-state index contributed by atoms with van der Waals surface area (Å²) in [6, 6.07) is 20.8. The van der Waals surface area contributed by atoms with Gasteiger partial charge in [0.25, 0.3) is 0 Å². The topological polar surface area (TPSA) is 96.3 Å². The molecule has 0 saturated carbocycles. The standard InChI is InChI=1S/C81H129N5O2S2Si/c1-12-15-18-21-24-27-30-33-36-39-42-45-48-57-81(58-49-46-43-40-37-34-31-28-25-22-19-16-13-2)73-63-75(67-51-53-69(54-52-67)85(9)60-61-87-91(10,11)79(4,5)6)90-77(73)78-74(86(81)59-50-47-44-41-38-35-32-29-26-23-20-17-14-3)62-70(89-78)55-56-72-71(66-84)76(68(64-82)65-83)88-80(72,7)8/h51-56,62-63H,12-50,57-61H2,1-11H3/b56-55+. The summed E-state index contributed by atoms with van der Waals surface area (Å²) in [5, 5.41) is 30.5. The Morgan fingerprint density at radius 3 is 1.43 bits per heavy atom. The van der Waals surface area contributed by atoms with Gasteiger partial charge in [-0.3, -0.25) is 0 Å². The van der Waals surface area contributed by atoms with Crippen molar-refractivity contribution in [3.05, 3.63) is 75.4 Å². The Morgan fingerprint density at radius 2 is 1.01 bits per heavy atom. The van der Waals surface area contributed by atoms with Crippen LogP contribution in [0, 0.1) is 34.0 Å². The van der Waals surface area contributed by atoms with Crippen LogP contribution < -0.4 is 9.80 Å². The molecule has 0 radical (unpaired) electrons. The van der Waals surface area contributed by atoms with E-state index in [1.165, 1.54) is 282 Å². The number of ether oxygens (including phenoxy) is 1. The SMILES string of the molecule is CCCCCCCCCCCCCCCN1c2cc(/C=C/C3=C(C#N)C(=C(C#N)C#N)OC3(C)C)sc2-c2sc(-c3ccc(N(C)CCO[Si](C)(C)C(C)(C)C)cc3)cc2C1(CCCCCCCCCCCCCCC)CCCCCCCCCCCCCCC. The van der Waals surface area contributed by atoms with E-state index >= 15 is 0 Å². The molecule has 0 atom stereocenters. The summed E-state index contributed by atoms with van der Waals surface area (Å²) in [4.78, 5) is 10.6. The van der Waals surface area contributed by atoms with Crippen molar-refractivity contribution < 1.29 is 9.16 Å². The van der Waals surface area contributed by atoms with Gasteiger partial charge in [-0.25, -0.2) is 0 Å². The Hall–Kier alpha value is -4.11. The Kier molecular flexibility index (Phi) is 36.1. The summed E-state index contributed by atoms with van der Waals surface area (Å²) in [7, 11) is 0.356. The van der Waals surface area contributed by atoms with Crippen molar-refractivity contribution in [1.29, 1.82) is 15.8 Å². The lowest BCUT2D eigenvalue weighted by Crippen LogP contribution is -2.49. The van der Waals surface area contributed by atoms with Crippen molar-refractivity contribution in [2.75, 3.05) is 36.5 Å². The summed E-state index contributed by atoms with van der Waals surface area (Å²) in [6.45, 7) is 25.1. The predicted octanol–water partition coefficient (Wildman–Crippen LogP) is 26.6. The van der Waals surface area contributed by atoms with Crippen LogP contribution in [0.2, 0.25) is 18.1 Å². The monoisotopic (exact) mass is 1300 g/mol. The molecule has 506 valence electrons. The average molecular weight is 1300 g/mol. The predicted molar refractivity (Wildman–Crippen MR) is 400 cm³/mol. The van der Waals surface area contributed by atoms with Crippen molar-refractivity contribution in [1.82, 2.24) is 0 Å². The third-order valence-corrected chi connectivity index (χ3v) is 27.6. The van der Waals surface area contributed by atoms with E-state index in [1.54, 1.807) is 5.56 Å². The van der Waals surface area contributed by atoms with Gasteiger partial charge in [0.1, 0.15) is 29.4 Å². The number of hydrogen-bond donors (Lipinski definition) is 0. The fraction of sp³-hybridized carbons (Fsp3) is 0.716. The van der Waals surface area contributed by atoms with E-state index < -0.39 is 13.9 Å². The minimum absolute atomic E-state index is 0.0869.